The fourth-order valence-electron chi connectivity index (χ4n) is 4.79. The summed E-state index contributed by atoms with van der Waals surface area (Å²) in [5.41, 5.74) is 0. The third-order valence-electron chi connectivity index (χ3n) is 6.71. The van der Waals surface area contributed by atoms with E-state index in [0.717, 1.165) is 19.7 Å². The van der Waals surface area contributed by atoms with Gasteiger partial charge >= 0.3 is 0 Å². The zero-order chi connectivity index (χ0) is 22.6. The number of nitrogens with zero attached hydrogens (tertiary/aromatic N) is 1. The largest absolute Gasteiger partial charge is 0.380 e. The molecular weight excluding hydrogens is 381 g/mol. The van der Waals surface area contributed by atoms with Gasteiger partial charge in [0.25, 0.3) is 0 Å². The molecule has 1 aliphatic rings. The maximum atomic E-state index is 6.31. The molecule has 1 fully saturated rings. The van der Waals surface area contributed by atoms with Crippen LogP contribution in [-0.2, 0) is 9.47 Å². The third kappa shape index (κ3) is 15.4. The molecule has 182 valence electrons. The topological polar surface area (TPSA) is 21.7 Å². The second kappa shape index (κ2) is 20.5. The maximum absolute atomic E-state index is 6.31. The van der Waals surface area contributed by atoms with Gasteiger partial charge in [-0.05, 0) is 19.3 Å². The highest BCUT2D eigenvalue weighted by Crippen LogP contribution is 2.22. The molecule has 1 aliphatic heterocycles. The van der Waals surface area contributed by atoms with Crippen molar-refractivity contribution in [3.05, 3.63) is 0 Å². The molecule has 0 saturated carbocycles. The van der Waals surface area contributed by atoms with E-state index in [1.807, 2.05) is 0 Å². The van der Waals surface area contributed by atoms with E-state index in [9.17, 15) is 0 Å². The lowest BCUT2D eigenvalue weighted by Gasteiger charge is -2.41. The van der Waals surface area contributed by atoms with Crippen molar-refractivity contribution in [2.45, 2.75) is 148 Å². The molecule has 0 aromatic carbocycles. The van der Waals surface area contributed by atoms with Crippen molar-refractivity contribution < 1.29 is 9.47 Å². The van der Waals surface area contributed by atoms with E-state index >= 15 is 0 Å². The maximum Gasteiger partial charge on any atom is 0.110 e. The Labute approximate surface area is 196 Å². The molecule has 3 nitrogen and oxygen atoms in total. The van der Waals surface area contributed by atoms with Crippen LogP contribution in [0.2, 0.25) is 0 Å². The molecule has 0 bridgehead atoms. The Kier molecular flexibility index (Phi) is 19.2. The molecule has 0 amide bonds. The molecule has 2 unspecified atom stereocenters. The summed E-state index contributed by atoms with van der Waals surface area (Å²) in [5, 5.41) is 0. The number of hydrogen-bond donors (Lipinski definition) is 0. The summed E-state index contributed by atoms with van der Waals surface area (Å²) in [6, 6.07) is 0.490. The average Bonchev–Trinajstić information content (AvgIpc) is 2.76. The highest BCUT2D eigenvalue weighted by Gasteiger charge is 2.29. The van der Waals surface area contributed by atoms with Crippen molar-refractivity contribution in [3.8, 4) is 0 Å². The second-order valence-electron chi connectivity index (χ2n) is 9.80. The summed E-state index contributed by atoms with van der Waals surface area (Å²) in [5.74, 6) is 0. The predicted molar refractivity (Wildman–Crippen MR) is 136 cm³/mol. The molecular formula is C27H54BNO2. The number of morpholine rings is 1. The summed E-state index contributed by atoms with van der Waals surface area (Å²) in [4.78, 5) is 2.64. The number of unbranched alkanes of at least 4 members (excludes halogenated alkanes) is 12. The van der Waals surface area contributed by atoms with E-state index < -0.39 is 0 Å². The van der Waals surface area contributed by atoms with Gasteiger partial charge in [0.1, 0.15) is 7.85 Å². The van der Waals surface area contributed by atoms with E-state index in [1.54, 1.807) is 0 Å². The lowest BCUT2D eigenvalue weighted by molar-refractivity contribution is -0.0965. The summed E-state index contributed by atoms with van der Waals surface area (Å²) in [6.07, 6.45) is 22.8. The molecule has 0 spiro atoms. The zero-order valence-corrected chi connectivity index (χ0v) is 21.4. The molecule has 1 heterocycles. The van der Waals surface area contributed by atoms with Crippen LogP contribution >= 0.6 is 0 Å². The van der Waals surface area contributed by atoms with Crippen molar-refractivity contribution in [2.75, 3.05) is 26.3 Å². The lowest BCUT2D eigenvalue weighted by Crippen LogP contribution is -2.53. The Balaban J connectivity index is 2.41. The molecule has 0 N–H and O–H groups in total. The van der Waals surface area contributed by atoms with E-state index in [0.29, 0.717) is 12.6 Å². The monoisotopic (exact) mass is 435 g/mol. The Morgan fingerprint density at radius 2 is 1.26 bits per heavy atom. The first kappa shape index (κ1) is 29.0. The summed E-state index contributed by atoms with van der Waals surface area (Å²) in [7, 11) is 6.31. The van der Waals surface area contributed by atoms with Gasteiger partial charge in [-0.15, -0.1) is 0 Å². The average molecular weight is 436 g/mol. The Hall–Kier alpha value is -0.0551. The van der Waals surface area contributed by atoms with Gasteiger partial charge in [-0.1, -0.05) is 111 Å². The minimum atomic E-state index is -0.172. The van der Waals surface area contributed by atoms with Gasteiger partial charge in [0.05, 0.1) is 12.7 Å². The minimum absolute atomic E-state index is 0.127. The molecule has 2 radical (unpaired) electrons. The van der Waals surface area contributed by atoms with E-state index in [-0.39, 0.29) is 12.1 Å². The second-order valence-corrected chi connectivity index (χ2v) is 9.80. The molecule has 31 heavy (non-hydrogen) atoms. The first-order valence-electron chi connectivity index (χ1n) is 13.9. The van der Waals surface area contributed by atoms with E-state index in [4.69, 9.17) is 17.3 Å². The quantitative estimate of drug-likeness (QED) is 0.140. The van der Waals surface area contributed by atoms with Crippen molar-refractivity contribution in [1.82, 2.24) is 4.90 Å². The highest BCUT2D eigenvalue weighted by atomic mass is 16.5. The van der Waals surface area contributed by atoms with Gasteiger partial charge in [-0.25, -0.2) is 0 Å². The number of hydrogen-bond acceptors (Lipinski definition) is 3. The first-order chi connectivity index (χ1) is 15.2. The molecule has 4 heteroatoms. The Morgan fingerprint density at radius 3 is 1.81 bits per heavy atom. The van der Waals surface area contributed by atoms with Crippen molar-refractivity contribution in [2.24, 2.45) is 0 Å². The number of rotatable bonds is 21. The van der Waals surface area contributed by atoms with Crippen LogP contribution in [0.5, 0.6) is 0 Å². The molecule has 2 atom stereocenters. The summed E-state index contributed by atoms with van der Waals surface area (Å²) < 4.78 is 12.0. The van der Waals surface area contributed by atoms with Crippen LogP contribution in [0.3, 0.4) is 0 Å². The van der Waals surface area contributed by atoms with Gasteiger partial charge in [0.15, 0.2) is 0 Å². The molecule has 0 aliphatic carbocycles. The van der Waals surface area contributed by atoms with Crippen LogP contribution in [0.15, 0.2) is 0 Å². The standard InChI is InChI=1S/C27H54BNO2/c1-4-7-10-13-16-19-25(20-17-14-11-8-5-2)29-22-26(31-27(28)23-29)24-30-21-18-15-12-9-6-3/h25-27H,4-24H2,1-3H3. The van der Waals surface area contributed by atoms with E-state index in [1.165, 1.54) is 109 Å². The first-order valence-corrected chi connectivity index (χ1v) is 13.9. The normalized spacial score (nSPS) is 20.0. The lowest BCUT2D eigenvalue weighted by atomic mass is 9.93. The fraction of sp³-hybridized carbons (Fsp3) is 1.00. The van der Waals surface area contributed by atoms with Gasteiger partial charge in [-0.2, -0.15) is 0 Å². The molecule has 1 saturated heterocycles. The van der Waals surface area contributed by atoms with Gasteiger partial charge < -0.3 is 9.47 Å². The van der Waals surface area contributed by atoms with Crippen molar-refractivity contribution in [3.63, 3.8) is 0 Å². The minimum Gasteiger partial charge on any atom is -0.380 e. The van der Waals surface area contributed by atoms with Crippen LogP contribution in [0.4, 0.5) is 0 Å². The van der Waals surface area contributed by atoms with Gasteiger partial charge in [-0.3, -0.25) is 4.90 Å². The van der Waals surface area contributed by atoms with Crippen molar-refractivity contribution in [1.29, 1.82) is 0 Å². The fourth-order valence-corrected chi connectivity index (χ4v) is 4.79. The van der Waals surface area contributed by atoms with Crippen LogP contribution < -0.4 is 0 Å². The third-order valence-corrected chi connectivity index (χ3v) is 6.71. The van der Waals surface area contributed by atoms with Crippen LogP contribution in [0, 0.1) is 0 Å². The summed E-state index contributed by atoms with van der Waals surface area (Å²) in [6.45, 7) is 10.3. The highest BCUT2D eigenvalue weighted by molar-refractivity contribution is 6.11. The molecule has 0 aromatic rings. The molecule has 0 aromatic heterocycles. The Morgan fingerprint density at radius 1 is 0.742 bits per heavy atom. The molecule has 1 rings (SSSR count). The van der Waals surface area contributed by atoms with Crippen LogP contribution in [0.1, 0.15) is 130 Å². The predicted octanol–water partition coefficient (Wildman–Crippen LogP) is 7.26. The van der Waals surface area contributed by atoms with Gasteiger partial charge in [0.2, 0.25) is 0 Å². The van der Waals surface area contributed by atoms with Gasteiger partial charge in [0, 0.05) is 31.7 Å². The van der Waals surface area contributed by atoms with Crippen LogP contribution in [-0.4, -0.2) is 57.2 Å². The zero-order valence-electron chi connectivity index (χ0n) is 21.4. The number of ether oxygens (including phenoxy) is 2. The summed E-state index contributed by atoms with van der Waals surface area (Å²) >= 11 is 0. The van der Waals surface area contributed by atoms with Crippen molar-refractivity contribution >= 4 is 7.85 Å². The Bertz CT molecular complexity index is 368. The SMILES string of the molecule is [B]C1CN(C(CCCCCCC)CCCCCCC)CC(COCCCCCCC)O1. The van der Waals surface area contributed by atoms with Crippen LogP contribution in [0.25, 0.3) is 0 Å². The van der Waals surface area contributed by atoms with E-state index in [2.05, 4.69) is 25.7 Å². The smallest absolute Gasteiger partial charge is 0.110 e.